The SMILES string of the molecule is COC1=C[C@@H](C)[C@@H]2C[C@H]3OC(=O)C[C@H]4C(C)=C(OC)C(=O)[C@@H]([C@@]34C)[C@@]2(C)[C@H]1OC(C)=O. The Balaban J connectivity index is 1.99. The van der Waals surface area contributed by atoms with Crippen LogP contribution in [0.4, 0.5) is 0 Å². The second kappa shape index (κ2) is 7.10. The normalized spacial score (nSPS) is 43.9. The third-order valence-corrected chi connectivity index (χ3v) is 8.58. The smallest absolute Gasteiger partial charge is 0.306 e. The first-order chi connectivity index (χ1) is 14.5. The van der Waals surface area contributed by atoms with Crippen molar-refractivity contribution in [1.29, 1.82) is 0 Å². The second-order valence-electron chi connectivity index (χ2n) is 9.94. The van der Waals surface area contributed by atoms with E-state index < -0.39 is 34.9 Å². The zero-order chi connectivity index (χ0) is 22.9. The third-order valence-electron chi connectivity index (χ3n) is 8.58. The Morgan fingerprint density at radius 2 is 1.84 bits per heavy atom. The van der Waals surface area contributed by atoms with Gasteiger partial charge in [0.15, 0.2) is 11.9 Å². The van der Waals surface area contributed by atoms with Crippen LogP contribution < -0.4 is 0 Å². The molecule has 1 saturated heterocycles. The number of ketones is 1. The number of Topliss-reactive ketones (excluding diaryl/α,β-unsaturated/α-hetero) is 1. The van der Waals surface area contributed by atoms with Crippen molar-refractivity contribution >= 4 is 17.7 Å². The molecule has 0 aromatic heterocycles. The first-order valence-electron chi connectivity index (χ1n) is 10.9. The van der Waals surface area contributed by atoms with E-state index in [2.05, 4.69) is 13.8 Å². The Morgan fingerprint density at radius 1 is 1.16 bits per heavy atom. The van der Waals surface area contributed by atoms with E-state index in [-0.39, 0.29) is 35.9 Å². The van der Waals surface area contributed by atoms with Gasteiger partial charge >= 0.3 is 11.9 Å². The summed E-state index contributed by atoms with van der Waals surface area (Å²) >= 11 is 0. The fraction of sp³-hybridized carbons (Fsp3) is 0.708. The van der Waals surface area contributed by atoms with E-state index in [1.165, 1.54) is 14.0 Å². The summed E-state index contributed by atoms with van der Waals surface area (Å²) in [4.78, 5) is 38.6. The van der Waals surface area contributed by atoms with E-state index in [9.17, 15) is 14.4 Å². The number of carbonyl (C=O) groups is 3. The van der Waals surface area contributed by atoms with Gasteiger partial charge in [-0.3, -0.25) is 14.4 Å². The molecule has 4 rings (SSSR count). The molecule has 7 heteroatoms. The lowest BCUT2D eigenvalue weighted by atomic mass is 9.39. The molecule has 1 heterocycles. The van der Waals surface area contributed by atoms with Crippen molar-refractivity contribution in [3.05, 3.63) is 23.2 Å². The largest absolute Gasteiger partial charge is 0.497 e. The van der Waals surface area contributed by atoms with Crippen LogP contribution in [0.2, 0.25) is 0 Å². The molecule has 1 saturated carbocycles. The number of ether oxygens (including phenoxy) is 4. The number of allylic oxidation sites excluding steroid dienone is 3. The maximum Gasteiger partial charge on any atom is 0.306 e. The Kier molecular flexibility index (Phi) is 5.02. The molecule has 8 atom stereocenters. The second-order valence-corrected chi connectivity index (χ2v) is 9.94. The summed E-state index contributed by atoms with van der Waals surface area (Å²) in [7, 11) is 3.05. The minimum absolute atomic E-state index is 0.0428. The van der Waals surface area contributed by atoms with Crippen LogP contribution in [0, 0.1) is 34.5 Å². The quantitative estimate of drug-likeness (QED) is 0.633. The van der Waals surface area contributed by atoms with Crippen molar-refractivity contribution in [2.24, 2.45) is 34.5 Å². The van der Waals surface area contributed by atoms with Gasteiger partial charge in [-0.1, -0.05) is 20.8 Å². The number of carbonyl (C=O) groups excluding carboxylic acids is 3. The number of hydrogen-bond acceptors (Lipinski definition) is 7. The summed E-state index contributed by atoms with van der Waals surface area (Å²) in [5.41, 5.74) is -0.582. The number of rotatable bonds is 3. The van der Waals surface area contributed by atoms with Crippen LogP contribution in [0.5, 0.6) is 0 Å². The van der Waals surface area contributed by atoms with Crippen LogP contribution in [0.1, 0.15) is 47.5 Å². The Morgan fingerprint density at radius 3 is 2.42 bits per heavy atom. The van der Waals surface area contributed by atoms with E-state index in [1.54, 1.807) is 7.11 Å². The van der Waals surface area contributed by atoms with Crippen LogP contribution >= 0.6 is 0 Å². The van der Waals surface area contributed by atoms with E-state index in [0.29, 0.717) is 17.9 Å². The first-order valence-corrected chi connectivity index (χ1v) is 10.9. The summed E-state index contributed by atoms with van der Waals surface area (Å²) in [5, 5.41) is 0. The fourth-order valence-electron chi connectivity index (χ4n) is 7.35. The van der Waals surface area contributed by atoms with Crippen molar-refractivity contribution in [1.82, 2.24) is 0 Å². The van der Waals surface area contributed by atoms with Gasteiger partial charge in [0, 0.05) is 29.6 Å². The predicted molar refractivity (Wildman–Crippen MR) is 110 cm³/mol. The summed E-state index contributed by atoms with van der Waals surface area (Å²) < 4.78 is 23.0. The van der Waals surface area contributed by atoms with E-state index in [1.807, 2.05) is 19.9 Å². The molecule has 0 radical (unpaired) electrons. The molecule has 4 aliphatic rings. The zero-order valence-corrected chi connectivity index (χ0v) is 19.3. The van der Waals surface area contributed by atoms with Crippen molar-refractivity contribution in [3.63, 3.8) is 0 Å². The Labute approximate surface area is 183 Å². The topological polar surface area (TPSA) is 88.1 Å². The maximum absolute atomic E-state index is 14.0. The van der Waals surface area contributed by atoms with Crippen molar-refractivity contribution in [3.8, 4) is 0 Å². The van der Waals surface area contributed by atoms with Gasteiger partial charge in [-0.2, -0.15) is 0 Å². The van der Waals surface area contributed by atoms with Crippen LogP contribution in [0.15, 0.2) is 23.2 Å². The van der Waals surface area contributed by atoms with Crippen LogP contribution in [-0.4, -0.2) is 44.1 Å². The summed E-state index contributed by atoms with van der Waals surface area (Å²) in [5.74, 6) is -0.667. The molecule has 31 heavy (non-hydrogen) atoms. The molecule has 7 nitrogen and oxygen atoms in total. The maximum atomic E-state index is 14.0. The van der Waals surface area contributed by atoms with Crippen molar-refractivity contribution < 1.29 is 33.3 Å². The zero-order valence-electron chi connectivity index (χ0n) is 19.3. The highest BCUT2D eigenvalue weighted by Crippen LogP contribution is 2.68. The van der Waals surface area contributed by atoms with E-state index >= 15 is 0 Å². The first kappa shape index (κ1) is 21.9. The Hall–Kier alpha value is -2.31. The molecule has 0 amide bonds. The van der Waals surface area contributed by atoms with Crippen LogP contribution in [-0.2, 0) is 33.3 Å². The van der Waals surface area contributed by atoms with Gasteiger partial charge in [0.2, 0.25) is 5.78 Å². The number of esters is 2. The van der Waals surface area contributed by atoms with Gasteiger partial charge < -0.3 is 18.9 Å². The minimum atomic E-state index is -0.750. The number of methoxy groups -OCH3 is 2. The third kappa shape index (κ3) is 2.74. The lowest BCUT2D eigenvalue weighted by Crippen LogP contribution is -2.70. The average Bonchev–Trinajstić information content (AvgIpc) is 2.68. The predicted octanol–water partition coefficient (Wildman–Crippen LogP) is 3.18. The molecule has 1 aliphatic heterocycles. The van der Waals surface area contributed by atoms with Gasteiger partial charge in [0.05, 0.1) is 20.6 Å². The standard InChI is InChI=1S/C24H32O7/c1-11-8-16(28-6)22(30-13(3)25)24(5)14(11)9-17-23(4)15(10-18(26)31-17)12(2)20(29-7)19(27)21(23)24/h8,11,14-15,17,21-22H,9-10H2,1-7H3/t11-,14+,15+,17-,21+,22+,23-,24+/m1/s1. The summed E-state index contributed by atoms with van der Waals surface area (Å²) in [6.07, 6.45) is 1.67. The lowest BCUT2D eigenvalue weighted by Gasteiger charge is -2.66. The molecule has 3 aliphatic carbocycles. The molecule has 0 spiro atoms. The molecular formula is C24H32O7. The average molecular weight is 433 g/mol. The summed E-state index contributed by atoms with van der Waals surface area (Å²) in [6, 6.07) is 0. The monoisotopic (exact) mass is 432 g/mol. The van der Waals surface area contributed by atoms with Crippen molar-refractivity contribution in [2.75, 3.05) is 14.2 Å². The number of fused-ring (bicyclic) bond motifs is 2. The summed E-state index contributed by atoms with van der Waals surface area (Å²) in [6.45, 7) is 9.40. The molecule has 170 valence electrons. The van der Waals surface area contributed by atoms with E-state index in [0.717, 1.165) is 5.57 Å². The van der Waals surface area contributed by atoms with Gasteiger partial charge in [0.25, 0.3) is 0 Å². The highest BCUT2D eigenvalue weighted by Gasteiger charge is 2.72. The van der Waals surface area contributed by atoms with Gasteiger partial charge in [-0.05, 0) is 36.8 Å². The lowest BCUT2D eigenvalue weighted by molar-refractivity contribution is -0.236. The van der Waals surface area contributed by atoms with Gasteiger partial charge in [0.1, 0.15) is 11.9 Å². The van der Waals surface area contributed by atoms with Crippen LogP contribution in [0.3, 0.4) is 0 Å². The molecule has 0 aromatic carbocycles. The van der Waals surface area contributed by atoms with Crippen molar-refractivity contribution in [2.45, 2.75) is 59.7 Å². The Bertz CT molecular complexity index is 902. The fourth-order valence-corrected chi connectivity index (χ4v) is 7.35. The van der Waals surface area contributed by atoms with Gasteiger partial charge in [-0.25, -0.2) is 0 Å². The van der Waals surface area contributed by atoms with E-state index in [4.69, 9.17) is 18.9 Å². The molecule has 2 fully saturated rings. The molecule has 0 bridgehead atoms. The molecule has 0 unspecified atom stereocenters. The van der Waals surface area contributed by atoms with Gasteiger partial charge in [-0.15, -0.1) is 0 Å². The number of hydrogen-bond donors (Lipinski definition) is 0. The molecular weight excluding hydrogens is 400 g/mol. The highest BCUT2D eigenvalue weighted by atomic mass is 16.6. The molecule has 0 aromatic rings. The highest BCUT2D eigenvalue weighted by molar-refractivity contribution is 5.99. The molecule has 0 N–H and O–H groups in total. The minimum Gasteiger partial charge on any atom is -0.497 e. The van der Waals surface area contributed by atoms with Crippen LogP contribution in [0.25, 0.3) is 0 Å².